The third-order valence-electron chi connectivity index (χ3n) is 6.47. The molecular weight excluding hydrogens is 564 g/mol. The van der Waals surface area contributed by atoms with Crippen LogP contribution in [0.4, 0.5) is 0 Å². The van der Waals surface area contributed by atoms with Crippen LogP contribution in [-0.4, -0.2) is 111 Å². The topological polar surface area (TPSA) is 215 Å². The molecule has 1 saturated heterocycles. The highest BCUT2D eigenvalue weighted by molar-refractivity contribution is 5.68. The molecule has 3 amide bonds. The molecule has 1 heterocycles. The molecule has 0 aromatic rings. The van der Waals surface area contributed by atoms with Gasteiger partial charge in [-0.25, -0.2) is 6.57 Å². The van der Waals surface area contributed by atoms with E-state index in [0.29, 0.717) is 12.8 Å². The summed E-state index contributed by atoms with van der Waals surface area (Å²) in [5.74, 6) is -3.88. The molecule has 2 aliphatic rings. The monoisotopic (exact) mass is 598 g/mol. The molecule has 0 bridgehead atoms. The van der Waals surface area contributed by atoms with Crippen molar-refractivity contribution in [2.45, 2.75) is 89.1 Å². The van der Waals surface area contributed by atoms with Crippen molar-refractivity contribution >= 4 is 43.1 Å². The Morgan fingerprint density at radius 1 is 0.762 bits per heavy atom. The molecule has 1 aliphatic heterocycles. The second-order valence-corrected chi connectivity index (χ2v) is 9.49. The van der Waals surface area contributed by atoms with Crippen LogP contribution in [0.3, 0.4) is 0 Å². The maximum absolute atomic E-state index is 12.1. The number of rotatable bonds is 14. The van der Waals surface area contributed by atoms with Crippen molar-refractivity contribution in [3.63, 3.8) is 0 Å². The van der Waals surface area contributed by atoms with Gasteiger partial charge in [-0.3, -0.25) is 33.6 Å². The summed E-state index contributed by atoms with van der Waals surface area (Å²) in [5, 5.41) is 7.32. The molecule has 0 radical (unpaired) electrons. The summed E-state index contributed by atoms with van der Waals surface area (Å²) < 4.78 is 33.9. The minimum atomic E-state index is -1.52. The summed E-state index contributed by atoms with van der Waals surface area (Å²) in [6.45, 7) is 11.7. The minimum Gasteiger partial charge on any atom is -0.456 e. The average Bonchev–Trinajstić information content (AvgIpc) is 2.91. The van der Waals surface area contributed by atoms with Gasteiger partial charge in [-0.05, 0) is 0 Å². The molecule has 42 heavy (non-hydrogen) atoms. The molecule has 17 heteroatoms. The third-order valence-corrected chi connectivity index (χ3v) is 6.47. The number of amides is 3. The maximum atomic E-state index is 12.1. The predicted octanol–water partition coefficient (Wildman–Crippen LogP) is -2.26. The Labute approximate surface area is 241 Å². The Bertz CT molecular complexity index is 1050. The lowest BCUT2D eigenvalue weighted by Gasteiger charge is -2.48. The lowest BCUT2D eigenvalue weighted by Crippen LogP contribution is -2.68. The van der Waals surface area contributed by atoms with E-state index in [-0.39, 0.29) is 25.9 Å². The smallest absolute Gasteiger partial charge is 0.303 e. The van der Waals surface area contributed by atoms with Gasteiger partial charge in [-0.1, -0.05) is 0 Å². The summed E-state index contributed by atoms with van der Waals surface area (Å²) in [5.41, 5.74) is 0. The molecule has 3 N–H and O–H groups in total. The average molecular weight is 599 g/mol. The Kier molecular flexibility index (Phi) is 13.1. The fourth-order valence-electron chi connectivity index (χ4n) is 5.05. The van der Waals surface area contributed by atoms with Gasteiger partial charge in [-0.2, -0.15) is 0 Å². The van der Waals surface area contributed by atoms with Crippen LogP contribution < -0.4 is 16.0 Å². The highest BCUT2D eigenvalue weighted by atomic mass is 16.7. The second kappa shape index (κ2) is 16.2. The van der Waals surface area contributed by atoms with E-state index in [1.807, 2.05) is 0 Å². The molecule has 0 aromatic carbocycles. The summed E-state index contributed by atoms with van der Waals surface area (Å²) in [7, 11) is 0. The lowest BCUT2D eigenvalue weighted by molar-refractivity contribution is -0.300. The van der Waals surface area contributed by atoms with Crippen LogP contribution in [0, 0.1) is 12.5 Å². The van der Waals surface area contributed by atoms with Gasteiger partial charge in [0.15, 0.2) is 24.6 Å². The Hall–Kier alpha value is -4.30. The van der Waals surface area contributed by atoms with Crippen molar-refractivity contribution in [3.05, 3.63) is 11.4 Å². The van der Waals surface area contributed by atoms with Crippen LogP contribution in [-0.2, 0) is 62.0 Å². The molecule has 0 unspecified atom stereocenters. The largest absolute Gasteiger partial charge is 0.456 e. The molecule has 1 saturated carbocycles. The van der Waals surface area contributed by atoms with Crippen molar-refractivity contribution < 1.29 is 62.0 Å². The number of carbonyl (C=O) groups is 7. The molecular formula is C25H34N4O13. The normalized spacial score (nSPS) is 32.1. The quantitative estimate of drug-likeness (QED) is 0.0834. The standard InChI is InChI=1S/C25H34N4O13/c1-12(33)37-21-17(26-5)6-16(7-27-9-30)20(24(21)40-15(4)36)42-25-19(29-11-32)23(39-14(3)35)22(38-13(2)34)18(41-25)8-28-10-31/h9-11,16-25H,6-8H2,1-4H3,(H,27,30)(H,28,31)(H,29,32)/t16-,17-,18-,19-,20-,21+,22-,23-,24+,25-/m1/s1. The van der Waals surface area contributed by atoms with Crippen molar-refractivity contribution in [2.75, 3.05) is 13.1 Å². The van der Waals surface area contributed by atoms with Crippen LogP contribution in [0.1, 0.15) is 34.1 Å². The zero-order valence-corrected chi connectivity index (χ0v) is 23.4. The third kappa shape index (κ3) is 9.11. The van der Waals surface area contributed by atoms with Crippen LogP contribution in [0.25, 0.3) is 4.85 Å². The zero-order valence-electron chi connectivity index (χ0n) is 23.4. The molecule has 0 aromatic heterocycles. The number of ether oxygens (including phenoxy) is 6. The lowest BCUT2D eigenvalue weighted by atomic mass is 9.79. The van der Waals surface area contributed by atoms with Gasteiger partial charge in [0.25, 0.3) is 6.04 Å². The first-order valence-corrected chi connectivity index (χ1v) is 12.9. The first kappa shape index (κ1) is 33.9. The van der Waals surface area contributed by atoms with E-state index in [2.05, 4.69) is 20.8 Å². The molecule has 0 spiro atoms. The number of nitrogens with one attached hydrogen (secondary N) is 3. The molecule has 232 valence electrons. The summed E-state index contributed by atoms with van der Waals surface area (Å²) in [6.07, 6.45) is -8.26. The Morgan fingerprint density at radius 2 is 1.29 bits per heavy atom. The van der Waals surface area contributed by atoms with E-state index in [4.69, 9.17) is 35.0 Å². The maximum Gasteiger partial charge on any atom is 0.303 e. The molecule has 1 aliphatic carbocycles. The van der Waals surface area contributed by atoms with Crippen LogP contribution in [0.2, 0.25) is 0 Å². The van der Waals surface area contributed by atoms with Crippen LogP contribution in [0.15, 0.2) is 0 Å². The summed E-state index contributed by atoms with van der Waals surface area (Å²) in [6, 6.07) is -2.31. The van der Waals surface area contributed by atoms with Crippen LogP contribution in [0.5, 0.6) is 0 Å². The van der Waals surface area contributed by atoms with Gasteiger partial charge in [-0.15, -0.1) is 0 Å². The van der Waals surface area contributed by atoms with Crippen molar-refractivity contribution in [2.24, 2.45) is 5.92 Å². The van der Waals surface area contributed by atoms with E-state index in [1.54, 1.807) is 0 Å². The first-order chi connectivity index (χ1) is 20.0. The number of hydrogen-bond acceptors (Lipinski definition) is 13. The van der Waals surface area contributed by atoms with E-state index in [0.717, 1.165) is 27.7 Å². The Balaban J connectivity index is 2.63. The van der Waals surface area contributed by atoms with Gasteiger partial charge in [0, 0.05) is 53.1 Å². The second-order valence-electron chi connectivity index (χ2n) is 9.49. The SMILES string of the molecule is [C-]#[N+][C@@H]1C[C@H](CNC=O)[C@@H](O[C@H]2O[C@H](CNC=O)[C@@H](OC(C)=O)[C@H](OC(C)=O)[C@H]2NC=O)[C@H](OC(C)=O)[C@H]1OC(C)=O. The number of carbonyl (C=O) groups excluding carboxylic acids is 7. The van der Waals surface area contributed by atoms with Crippen molar-refractivity contribution in [1.29, 1.82) is 0 Å². The van der Waals surface area contributed by atoms with E-state index in [9.17, 15) is 33.6 Å². The summed E-state index contributed by atoms with van der Waals surface area (Å²) >= 11 is 0. The van der Waals surface area contributed by atoms with Gasteiger partial charge >= 0.3 is 23.9 Å². The van der Waals surface area contributed by atoms with Gasteiger partial charge in [0.2, 0.25) is 25.3 Å². The number of hydrogen-bond donors (Lipinski definition) is 3. The fourth-order valence-corrected chi connectivity index (χ4v) is 5.05. The van der Waals surface area contributed by atoms with E-state index < -0.39 is 84.8 Å². The highest BCUT2D eigenvalue weighted by Gasteiger charge is 2.56. The minimum absolute atomic E-state index is 0.0167. The predicted molar refractivity (Wildman–Crippen MR) is 135 cm³/mol. The van der Waals surface area contributed by atoms with Crippen molar-refractivity contribution in [1.82, 2.24) is 16.0 Å². The van der Waals surface area contributed by atoms with Crippen molar-refractivity contribution in [3.8, 4) is 0 Å². The zero-order chi connectivity index (χ0) is 31.4. The van der Waals surface area contributed by atoms with E-state index in [1.165, 1.54) is 0 Å². The highest BCUT2D eigenvalue weighted by Crippen LogP contribution is 2.37. The molecule has 2 rings (SSSR count). The number of nitrogens with zero attached hydrogens (tertiary/aromatic N) is 1. The van der Waals surface area contributed by atoms with Gasteiger partial charge in [0.05, 0.1) is 0 Å². The number of esters is 4. The van der Waals surface area contributed by atoms with Gasteiger partial charge < -0.3 is 49.2 Å². The first-order valence-electron chi connectivity index (χ1n) is 12.9. The fraction of sp³-hybridized carbons (Fsp3) is 0.680. The molecule has 10 atom stereocenters. The van der Waals surface area contributed by atoms with E-state index >= 15 is 0 Å². The summed E-state index contributed by atoms with van der Waals surface area (Å²) in [4.78, 5) is 85.5. The van der Waals surface area contributed by atoms with Gasteiger partial charge in [0.1, 0.15) is 18.2 Å². The molecule has 17 nitrogen and oxygen atoms in total. The Morgan fingerprint density at radius 3 is 1.81 bits per heavy atom. The van der Waals surface area contributed by atoms with Crippen LogP contribution >= 0.6 is 0 Å². The molecule has 2 fully saturated rings.